The lowest BCUT2D eigenvalue weighted by molar-refractivity contribution is -0.115. The highest BCUT2D eigenvalue weighted by Crippen LogP contribution is 2.25. The van der Waals surface area contributed by atoms with Crippen molar-refractivity contribution in [1.29, 1.82) is 0 Å². The molecule has 0 bridgehead atoms. The van der Waals surface area contributed by atoms with Crippen molar-refractivity contribution in [3.63, 3.8) is 0 Å². The molecule has 104 valence electrons. The van der Waals surface area contributed by atoms with Crippen LogP contribution in [-0.4, -0.2) is 11.0 Å². The van der Waals surface area contributed by atoms with Gasteiger partial charge in [-0.05, 0) is 18.2 Å². The molecular formula is C14H12F2N2O2. The Morgan fingerprint density at radius 1 is 1.20 bits per heavy atom. The van der Waals surface area contributed by atoms with E-state index in [0.717, 1.165) is 12.1 Å². The lowest BCUT2D eigenvalue weighted by Crippen LogP contribution is -2.17. The van der Waals surface area contributed by atoms with Crippen LogP contribution in [0.3, 0.4) is 0 Å². The predicted octanol–water partition coefficient (Wildman–Crippen LogP) is 2.43. The molecule has 0 spiro atoms. The maximum Gasteiger partial charge on any atom is 0.229 e. The first-order valence-corrected chi connectivity index (χ1v) is 5.79. The molecule has 2 aromatic rings. The summed E-state index contributed by atoms with van der Waals surface area (Å²) in [6.07, 6.45) is -0.179. The van der Waals surface area contributed by atoms with Gasteiger partial charge in [-0.25, -0.2) is 8.78 Å². The number of nitrogen functional groups attached to an aromatic ring is 1. The molecule has 20 heavy (non-hydrogen) atoms. The monoisotopic (exact) mass is 278 g/mol. The molecule has 0 radical (unpaired) electrons. The minimum atomic E-state index is -1.21. The Kier molecular flexibility index (Phi) is 3.84. The Hall–Kier alpha value is -2.63. The molecule has 4 N–H and O–H groups in total. The van der Waals surface area contributed by atoms with Crippen LogP contribution < -0.4 is 11.1 Å². The highest BCUT2D eigenvalue weighted by atomic mass is 19.2. The van der Waals surface area contributed by atoms with Crippen molar-refractivity contribution in [3.8, 4) is 5.75 Å². The average molecular weight is 278 g/mol. The number of phenolic OH excluding ortho intramolecular Hbond substituents is 1. The summed E-state index contributed by atoms with van der Waals surface area (Å²) in [6, 6.07) is 8.29. The van der Waals surface area contributed by atoms with Gasteiger partial charge in [0, 0.05) is 5.56 Å². The number of carbonyl (C=O) groups excluding carboxylic acids is 1. The summed E-state index contributed by atoms with van der Waals surface area (Å²) in [5, 5.41) is 11.7. The summed E-state index contributed by atoms with van der Waals surface area (Å²) in [7, 11) is 0. The van der Waals surface area contributed by atoms with E-state index < -0.39 is 23.2 Å². The molecule has 0 fully saturated rings. The van der Waals surface area contributed by atoms with E-state index in [1.54, 1.807) is 18.2 Å². The van der Waals surface area contributed by atoms with Gasteiger partial charge >= 0.3 is 0 Å². The van der Waals surface area contributed by atoms with Gasteiger partial charge in [-0.3, -0.25) is 4.79 Å². The molecule has 0 heterocycles. The Morgan fingerprint density at radius 3 is 2.60 bits per heavy atom. The standard InChI is InChI=1S/C14H12F2N2O2/c15-9-5-6-10(17)14(13(9)16)18-12(20)7-8-3-1-2-4-11(8)19/h1-6,19H,7,17H2,(H,18,20). The topological polar surface area (TPSA) is 75.3 Å². The highest BCUT2D eigenvalue weighted by Gasteiger charge is 2.15. The zero-order valence-corrected chi connectivity index (χ0v) is 10.4. The van der Waals surface area contributed by atoms with Crippen molar-refractivity contribution >= 4 is 17.3 Å². The lowest BCUT2D eigenvalue weighted by Gasteiger charge is -2.10. The first-order valence-electron chi connectivity index (χ1n) is 5.79. The number of amides is 1. The van der Waals surface area contributed by atoms with Crippen LogP contribution >= 0.6 is 0 Å². The van der Waals surface area contributed by atoms with Crippen molar-refractivity contribution in [1.82, 2.24) is 0 Å². The number of anilines is 2. The van der Waals surface area contributed by atoms with E-state index in [4.69, 9.17) is 5.73 Å². The molecule has 0 aliphatic heterocycles. The molecule has 2 aromatic carbocycles. The minimum absolute atomic E-state index is 0.0460. The molecule has 4 nitrogen and oxygen atoms in total. The van der Waals surface area contributed by atoms with Gasteiger partial charge in [0.15, 0.2) is 11.6 Å². The van der Waals surface area contributed by atoms with Crippen molar-refractivity contribution in [3.05, 3.63) is 53.6 Å². The Morgan fingerprint density at radius 2 is 1.90 bits per heavy atom. The molecule has 2 rings (SSSR count). The molecule has 0 aromatic heterocycles. The van der Waals surface area contributed by atoms with Gasteiger partial charge < -0.3 is 16.2 Å². The zero-order valence-electron chi connectivity index (χ0n) is 10.4. The van der Waals surface area contributed by atoms with Crippen LogP contribution in [-0.2, 0) is 11.2 Å². The number of carbonyl (C=O) groups is 1. The number of rotatable bonds is 3. The van der Waals surface area contributed by atoms with E-state index in [1.165, 1.54) is 6.07 Å². The number of para-hydroxylation sites is 1. The van der Waals surface area contributed by atoms with E-state index in [9.17, 15) is 18.7 Å². The first-order chi connectivity index (χ1) is 9.49. The van der Waals surface area contributed by atoms with Gasteiger partial charge in [-0.15, -0.1) is 0 Å². The number of halogens is 2. The smallest absolute Gasteiger partial charge is 0.229 e. The zero-order chi connectivity index (χ0) is 14.7. The second-order valence-electron chi connectivity index (χ2n) is 4.18. The van der Waals surface area contributed by atoms with Crippen LogP contribution in [0.1, 0.15) is 5.56 Å². The molecule has 0 atom stereocenters. The van der Waals surface area contributed by atoms with Gasteiger partial charge in [0.05, 0.1) is 12.1 Å². The summed E-state index contributed by atoms with van der Waals surface area (Å²) in [6.45, 7) is 0. The maximum absolute atomic E-state index is 13.5. The van der Waals surface area contributed by atoms with Crippen molar-refractivity contribution in [2.45, 2.75) is 6.42 Å². The SMILES string of the molecule is Nc1ccc(F)c(F)c1NC(=O)Cc1ccccc1O. The van der Waals surface area contributed by atoms with Gasteiger partial charge in [0.1, 0.15) is 11.4 Å². The summed E-state index contributed by atoms with van der Waals surface area (Å²) in [5.41, 5.74) is 5.39. The third-order valence-corrected chi connectivity index (χ3v) is 2.73. The molecule has 0 saturated carbocycles. The average Bonchev–Trinajstić information content (AvgIpc) is 2.42. The van der Waals surface area contributed by atoms with Crippen molar-refractivity contribution < 1.29 is 18.7 Å². The van der Waals surface area contributed by atoms with Crippen molar-refractivity contribution in [2.24, 2.45) is 0 Å². The maximum atomic E-state index is 13.5. The molecule has 0 unspecified atom stereocenters. The Bertz CT molecular complexity index is 660. The van der Waals surface area contributed by atoms with E-state index in [1.807, 2.05) is 0 Å². The van der Waals surface area contributed by atoms with E-state index in [0.29, 0.717) is 5.56 Å². The number of hydrogen-bond acceptors (Lipinski definition) is 3. The van der Waals surface area contributed by atoms with Crippen LogP contribution in [0.15, 0.2) is 36.4 Å². The summed E-state index contributed by atoms with van der Waals surface area (Å²) in [4.78, 5) is 11.8. The fraction of sp³-hybridized carbons (Fsp3) is 0.0714. The largest absolute Gasteiger partial charge is 0.508 e. The number of nitrogens with two attached hydrogens (primary N) is 1. The third kappa shape index (κ3) is 2.85. The Labute approximate surface area is 113 Å². The quantitative estimate of drug-likeness (QED) is 0.755. The Balaban J connectivity index is 2.17. The van der Waals surface area contributed by atoms with Gasteiger partial charge in [-0.1, -0.05) is 18.2 Å². The molecule has 6 heteroatoms. The van der Waals surface area contributed by atoms with Gasteiger partial charge in [-0.2, -0.15) is 0 Å². The highest BCUT2D eigenvalue weighted by molar-refractivity contribution is 5.95. The number of benzene rings is 2. The van der Waals surface area contributed by atoms with Gasteiger partial charge in [0.2, 0.25) is 5.91 Å². The van der Waals surface area contributed by atoms with E-state index in [-0.39, 0.29) is 17.9 Å². The van der Waals surface area contributed by atoms with E-state index in [2.05, 4.69) is 5.32 Å². The normalized spacial score (nSPS) is 10.3. The van der Waals surface area contributed by atoms with Crippen LogP contribution in [0.5, 0.6) is 5.75 Å². The molecular weight excluding hydrogens is 266 g/mol. The summed E-state index contributed by atoms with van der Waals surface area (Å²) < 4.78 is 26.6. The molecule has 0 saturated heterocycles. The lowest BCUT2D eigenvalue weighted by atomic mass is 10.1. The number of phenols is 1. The molecule has 0 aliphatic rings. The molecule has 1 amide bonds. The van der Waals surface area contributed by atoms with Crippen LogP contribution in [0.2, 0.25) is 0 Å². The summed E-state index contributed by atoms with van der Waals surface area (Å²) >= 11 is 0. The van der Waals surface area contributed by atoms with Gasteiger partial charge in [0.25, 0.3) is 0 Å². The second kappa shape index (κ2) is 5.56. The van der Waals surface area contributed by atoms with Crippen molar-refractivity contribution in [2.75, 3.05) is 11.1 Å². The van der Waals surface area contributed by atoms with Crippen LogP contribution in [0.25, 0.3) is 0 Å². The fourth-order valence-electron chi connectivity index (χ4n) is 1.71. The number of nitrogens with one attached hydrogen (secondary N) is 1. The van der Waals surface area contributed by atoms with E-state index >= 15 is 0 Å². The number of aromatic hydroxyl groups is 1. The molecule has 0 aliphatic carbocycles. The number of hydrogen-bond donors (Lipinski definition) is 3. The minimum Gasteiger partial charge on any atom is -0.508 e. The predicted molar refractivity (Wildman–Crippen MR) is 71.2 cm³/mol. The first kappa shape index (κ1) is 13.8. The van der Waals surface area contributed by atoms with Crippen LogP contribution in [0.4, 0.5) is 20.2 Å². The fourth-order valence-corrected chi connectivity index (χ4v) is 1.71. The van der Waals surface area contributed by atoms with Crippen LogP contribution in [0, 0.1) is 11.6 Å². The summed E-state index contributed by atoms with van der Waals surface area (Å²) in [5.74, 6) is -2.97. The second-order valence-corrected chi connectivity index (χ2v) is 4.18. The third-order valence-electron chi connectivity index (χ3n) is 2.73.